The van der Waals surface area contributed by atoms with E-state index < -0.39 is 0 Å². The molecular formula is C29H35Br2FeN3. The van der Waals surface area contributed by atoms with Crippen LogP contribution in [0.4, 0.5) is 11.4 Å². The van der Waals surface area contributed by atoms with Crippen molar-refractivity contribution in [3.8, 4) is 0 Å². The van der Waals surface area contributed by atoms with E-state index in [2.05, 4.69) is 106 Å². The SMILES string of the molecule is CC(=Nc1ccccc1C(C)(C)C)c1cccc(C(C)=Nc2ccccc2C(C)(C)C)n1.[Br][Fe][Br]. The number of para-hydroxylation sites is 2. The summed E-state index contributed by atoms with van der Waals surface area (Å²) in [6, 6.07) is 22.7. The van der Waals surface area contributed by atoms with Crippen LogP contribution in [0, 0.1) is 0 Å². The van der Waals surface area contributed by atoms with Gasteiger partial charge in [0.05, 0.1) is 34.2 Å². The van der Waals surface area contributed by atoms with E-state index in [0.717, 1.165) is 45.5 Å². The third-order valence-corrected chi connectivity index (χ3v) is 5.49. The Labute approximate surface area is 231 Å². The average molecular weight is 641 g/mol. The summed E-state index contributed by atoms with van der Waals surface area (Å²) >= 11 is 7.00. The second kappa shape index (κ2) is 13.1. The molecule has 6 heteroatoms. The van der Waals surface area contributed by atoms with E-state index in [1.165, 1.54) is 11.1 Å². The van der Waals surface area contributed by atoms with Gasteiger partial charge in [-0.1, -0.05) is 84.0 Å². The normalized spacial score (nSPS) is 12.9. The number of nitrogens with zero attached hydrogens (tertiary/aromatic N) is 3. The maximum atomic E-state index is 4.94. The number of halogens is 2. The number of rotatable bonds is 4. The van der Waals surface area contributed by atoms with Crippen LogP contribution in [-0.2, 0) is 22.2 Å². The molecule has 3 nitrogen and oxygen atoms in total. The van der Waals surface area contributed by atoms with Crippen molar-refractivity contribution in [2.24, 2.45) is 9.98 Å². The van der Waals surface area contributed by atoms with Crippen molar-refractivity contribution in [2.45, 2.75) is 66.2 Å². The Balaban J connectivity index is 0.00000137. The zero-order valence-electron chi connectivity index (χ0n) is 21.8. The van der Waals surface area contributed by atoms with Gasteiger partial charge >= 0.3 is 39.6 Å². The summed E-state index contributed by atoms with van der Waals surface area (Å²) in [6.07, 6.45) is 0. The quantitative estimate of drug-likeness (QED) is 0.207. The van der Waals surface area contributed by atoms with Crippen molar-refractivity contribution in [1.82, 2.24) is 4.98 Å². The Hall–Kier alpha value is -1.59. The molecule has 0 aliphatic rings. The molecule has 1 heterocycles. The van der Waals surface area contributed by atoms with Crippen LogP contribution >= 0.6 is 28.2 Å². The van der Waals surface area contributed by atoms with Gasteiger partial charge < -0.3 is 0 Å². The van der Waals surface area contributed by atoms with Crippen molar-refractivity contribution in [1.29, 1.82) is 0 Å². The van der Waals surface area contributed by atoms with E-state index in [9.17, 15) is 0 Å². The third-order valence-electron chi connectivity index (χ3n) is 5.49. The van der Waals surface area contributed by atoms with Crippen molar-refractivity contribution < 1.29 is 11.3 Å². The molecule has 0 N–H and O–H groups in total. The fourth-order valence-electron chi connectivity index (χ4n) is 3.72. The Morgan fingerprint density at radius 1 is 0.629 bits per heavy atom. The molecule has 0 saturated heterocycles. The molecule has 0 fully saturated rings. The van der Waals surface area contributed by atoms with Gasteiger partial charge in [0, 0.05) is 0 Å². The molecule has 0 aliphatic carbocycles. The molecule has 0 atom stereocenters. The molecule has 188 valence electrons. The number of hydrogen-bond donors (Lipinski definition) is 0. The Bertz CT molecular complexity index is 1100. The fraction of sp³-hybridized carbons (Fsp3) is 0.345. The van der Waals surface area contributed by atoms with Gasteiger partial charge in [-0.15, -0.1) is 0 Å². The molecule has 0 saturated carbocycles. The summed E-state index contributed by atoms with van der Waals surface area (Å²) in [5, 5.41) is 0. The number of aliphatic imine (C=N–C) groups is 2. The molecule has 0 aliphatic heterocycles. The van der Waals surface area contributed by atoms with Gasteiger partial charge in [0.1, 0.15) is 0 Å². The van der Waals surface area contributed by atoms with Crippen LogP contribution in [-0.4, -0.2) is 16.4 Å². The van der Waals surface area contributed by atoms with E-state index in [0.29, 0.717) is 0 Å². The van der Waals surface area contributed by atoms with Crippen molar-refractivity contribution in [2.75, 3.05) is 0 Å². The summed E-state index contributed by atoms with van der Waals surface area (Å²) in [6.45, 7) is 17.3. The average Bonchev–Trinajstić information content (AvgIpc) is 2.79. The molecule has 0 spiro atoms. The zero-order chi connectivity index (χ0) is 26.2. The number of aromatic nitrogens is 1. The van der Waals surface area contributed by atoms with E-state index in [1.54, 1.807) is 0 Å². The molecule has 0 bridgehead atoms. The first kappa shape index (κ1) is 29.6. The predicted octanol–water partition coefficient (Wildman–Crippen LogP) is 9.65. The third kappa shape index (κ3) is 8.78. The van der Waals surface area contributed by atoms with Crippen LogP contribution in [0.1, 0.15) is 77.9 Å². The van der Waals surface area contributed by atoms with Crippen molar-refractivity contribution in [3.63, 3.8) is 0 Å². The second-order valence-electron chi connectivity index (χ2n) is 10.4. The van der Waals surface area contributed by atoms with Gasteiger partial charge in [-0.3, -0.25) is 9.98 Å². The minimum absolute atomic E-state index is 0.0271. The molecule has 3 rings (SSSR count). The van der Waals surface area contributed by atoms with E-state index in [4.69, 9.17) is 15.0 Å². The monoisotopic (exact) mass is 639 g/mol. The van der Waals surface area contributed by atoms with E-state index in [-0.39, 0.29) is 10.8 Å². The van der Waals surface area contributed by atoms with Crippen LogP contribution in [0.25, 0.3) is 0 Å². The molecule has 2 aromatic carbocycles. The van der Waals surface area contributed by atoms with Crippen LogP contribution in [0.5, 0.6) is 0 Å². The van der Waals surface area contributed by atoms with E-state index >= 15 is 0 Å². The maximum absolute atomic E-state index is 4.94. The predicted molar refractivity (Wildman–Crippen MR) is 156 cm³/mol. The first-order valence-electron chi connectivity index (χ1n) is 11.5. The molecule has 0 amide bonds. The Kier molecular flexibility index (Phi) is 11.1. The molecule has 0 unspecified atom stereocenters. The van der Waals surface area contributed by atoms with Gasteiger partial charge in [-0.05, 0) is 60.1 Å². The molecule has 35 heavy (non-hydrogen) atoms. The van der Waals surface area contributed by atoms with Crippen LogP contribution in [0.2, 0.25) is 0 Å². The Morgan fingerprint density at radius 2 is 0.971 bits per heavy atom. The topological polar surface area (TPSA) is 37.6 Å². The molecule has 3 aromatic rings. The molecule has 0 radical (unpaired) electrons. The standard InChI is InChI=1S/C29H35N3.2BrH.Fe/c1-20(30-26-16-11-9-14-22(26)28(3,4)5)24-18-13-19-25(32-24)21(2)31-27-17-12-10-15-23(27)29(6,7)8;;;/h9-19H,1-8H3;2*1H;/q;;;+2/p-2. The first-order chi connectivity index (χ1) is 16.4. The summed E-state index contributed by atoms with van der Waals surface area (Å²) in [4.78, 5) is 14.8. The summed E-state index contributed by atoms with van der Waals surface area (Å²) < 4.78 is 0. The molecular weight excluding hydrogens is 606 g/mol. The van der Waals surface area contributed by atoms with E-state index in [1.807, 2.05) is 44.2 Å². The van der Waals surface area contributed by atoms with Gasteiger partial charge in [-0.2, -0.15) is 0 Å². The van der Waals surface area contributed by atoms with Crippen LogP contribution < -0.4 is 0 Å². The van der Waals surface area contributed by atoms with Crippen LogP contribution in [0.15, 0.2) is 76.7 Å². The van der Waals surface area contributed by atoms with Crippen molar-refractivity contribution >= 4 is 51.0 Å². The summed E-state index contributed by atoms with van der Waals surface area (Å²) in [7, 11) is 0. The summed E-state index contributed by atoms with van der Waals surface area (Å²) in [5.74, 6) is 0. The van der Waals surface area contributed by atoms with Gasteiger partial charge in [-0.25, -0.2) is 4.98 Å². The summed E-state index contributed by atoms with van der Waals surface area (Å²) in [5.41, 5.74) is 8.02. The first-order valence-corrected chi connectivity index (χ1v) is 17.0. The Morgan fingerprint density at radius 3 is 1.31 bits per heavy atom. The van der Waals surface area contributed by atoms with Crippen LogP contribution in [0.3, 0.4) is 0 Å². The minimum atomic E-state index is 0.0271. The number of benzene rings is 2. The second-order valence-corrected chi connectivity index (χ2v) is 16.0. The number of hydrogen-bond acceptors (Lipinski definition) is 3. The van der Waals surface area contributed by atoms with Gasteiger partial charge in [0.25, 0.3) is 0 Å². The van der Waals surface area contributed by atoms with Gasteiger partial charge in [0.2, 0.25) is 0 Å². The molecule has 1 aromatic heterocycles. The number of pyridine rings is 1. The van der Waals surface area contributed by atoms with Gasteiger partial charge in [0.15, 0.2) is 0 Å². The fourth-order valence-corrected chi connectivity index (χ4v) is 3.72. The zero-order valence-corrected chi connectivity index (χ0v) is 26.1. The van der Waals surface area contributed by atoms with Crippen molar-refractivity contribution in [3.05, 3.63) is 89.2 Å².